The maximum absolute atomic E-state index is 10.7. The van der Waals surface area contributed by atoms with Crippen molar-refractivity contribution in [1.82, 2.24) is 0 Å². The highest BCUT2D eigenvalue weighted by molar-refractivity contribution is 5.39. The summed E-state index contributed by atoms with van der Waals surface area (Å²) in [5.41, 5.74) is 3.42. The smallest absolute Gasteiger partial charge is 0.140 e. The largest absolute Gasteiger partial charge is 0.509 e. The molecule has 0 spiro atoms. The third kappa shape index (κ3) is 1.65. The molecule has 0 saturated heterocycles. The van der Waals surface area contributed by atoms with Crippen LogP contribution in [0.3, 0.4) is 0 Å². The Bertz CT molecular complexity index is 544. The molecular formula is C19H28O2. The Labute approximate surface area is 127 Å². The standard InChI is InChI=1S/C19H28O2/c1-18-10-3-4-14(18)13-7-5-12-6-8-16(20)17(21)19(12,2)15(13)9-11-18/h12,14,20-21H,3-11H2,1-2H3/t12?,14-,18-,19-/m0/s1. The molecule has 116 valence electrons. The summed E-state index contributed by atoms with van der Waals surface area (Å²) < 4.78 is 0. The van der Waals surface area contributed by atoms with Crippen LogP contribution in [0.25, 0.3) is 0 Å². The summed E-state index contributed by atoms with van der Waals surface area (Å²) >= 11 is 0. The molecule has 4 aliphatic carbocycles. The van der Waals surface area contributed by atoms with E-state index in [0.717, 1.165) is 18.8 Å². The van der Waals surface area contributed by atoms with Gasteiger partial charge in [-0.3, -0.25) is 0 Å². The van der Waals surface area contributed by atoms with Crippen molar-refractivity contribution in [3.05, 3.63) is 22.7 Å². The lowest BCUT2D eigenvalue weighted by Crippen LogP contribution is -2.43. The normalized spacial score (nSPS) is 46.2. The number of hydrogen-bond acceptors (Lipinski definition) is 2. The Hall–Kier alpha value is -0.920. The van der Waals surface area contributed by atoms with Crippen molar-refractivity contribution in [2.75, 3.05) is 0 Å². The van der Waals surface area contributed by atoms with E-state index < -0.39 is 0 Å². The van der Waals surface area contributed by atoms with Crippen LogP contribution in [0.5, 0.6) is 0 Å². The minimum atomic E-state index is -0.264. The first-order valence-electron chi connectivity index (χ1n) is 8.81. The molecule has 0 radical (unpaired) electrons. The van der Waals surface area contributed by atoms with E-state index in [4.69, 9.17) is 0 Å². The average Bonchev–Trinajstić information content (AvgIpc) is 2.86. The van der Waals surface area contributed by atoms with Gasteiger partial charge in [-0.25, -0.2) is 0 Å². The highest BCUT2D eigenvalue weighted by atomic mass is 16.3. The molecule has 0 amide bonds. The van der Waals surface area contributed by atoms with Crippen LogP contribution < -0.4 is 0 Å². The van der Waals surface area contributed by atoms with Crippen molar-refractivity contribution in [1.29, 1.82) is 0 Å². The molecule has 21 heavy (non-hydrogen) atoms. The van der Waals surface area contributed by atoms with Gasteiger partial charge in [0, 0.05) is 6.42 Å². The van der Waals surface area contributed by atoms with Crippen LogP contribution >= 0.6 is 0 Å². The summed E-state index contributed by atoms with van der Waals surface area (Å²) in [6, 6.07) is 0. The van der Waals surface area contributed by atoms with Gasteiger partial charge in [-0.1, -0.05) is 24.5 Å². The second kappa shape index (κ2) is 4.30. The predicted octanol–water partition coefficient (Wildman–Crippen LogP) is 5.42. The van der Waals surface area contributed by atoms with Gasteiger partial charge in [0.2, 0.25) is 0 Å². The lowest BCUT2D eigenvalue weighted by Gasteiger charge is -2.52. The Morgan fingerprint density at radius 2 is 1.71 bits per heavy atom. The first-order valence-corrected chi connectivity index (χ1v) is 8.81. The number of aliphatic hydroxyl groups excluding tert-OH is 2. The Morgan fingerprint density at radius 3 is 2.52 bits per heavy atom. The minimum Gasteiger partial charge on any atom is -0.509 e. The van der Waals surface area contributed by atoms with Crippen LogP contribution in [0.15, 0.2) is 22.7 Å². The van der Waals surface area contributed by atoms with E-state index in [2.05, 4.69) is 13.8 Å². The van der Waals surface area contributed by atoms with Crippen molar-refractivity contribution in [3.63, 3.8) is 0 Å². The number of rotatable bonds is 0. The molecule has 2 nitrogen and oxygen atoms in total. The zero-order valence-electron chi connectivity index (χ0n) is 13.4. The van der Waals surface area contributed by atoms with E-state index in [0.29, 0.717) is 23.5 Å². The van der Waals surface area contributed by atoms with Gasteiger partial charge in [0.1, 0.15) is 11.5 Å². The van der Waals surface area contributed by atoms with E-state index in [1.165, 1.54) is 44.1 Å². The summed E-state index contributed by atoms with van der Waals surface area (Å²) in [5.74, 6) is 1.82. The van der Waals surface area contributed by atoms with Crippen molar-refractivity contribution < 1.29 is 10.2 Å². The fourth-order valence-electron chi connectivity index (χ4n) is 6.19. The molecule has 0 aromatic rings. The van der Waals surface area contributed by atoms with Crippen LogP contribution in [0.4, 0.5) is 0 Å². The molecular weight excluding hydrogens is 260 g/mol. The molecule has 2 heteroatoms. The van der Waals surface area contributed by atoms with Crippen LogP contribution in [-0.4, -0.2) is 10.2 Å². The van der Waals surface area contributed by atoms with Gasteiger partial charge in [-0.05, 0) is 69.1 Å². The number of allylic oxidation sites excluding steroid dienone is 3. The Kier molecular flexibility index (Phi) is 2.81. The van der Waals surface area contributed by atoms with Gasteiger partial charge in [0.25, 0.3) is 0 Å². The first kappa shape index (κ1) is 13.7. The van der Waals surface area contributed by atoms with Crippen LogP contribution in [0, 0.1) is 22.7 Å². The highest BCUT2D eigenvalue weighted by Gasteiger charge is 2.54. The summed E-state index contributed by atoms with van der Waals surface area (Å²) in [6.07, 6.45) is 10.6. The fraction of sp³-hybridized carbons (Fsp3) is 0.789. The second-order valence-electron chi connectivity index (χ2n) is 8.37. The molecule has 1 unspecified atom stereocenters. The molecule has 0 aliphatic heterocycles. The quantitative estimate of drug-likeness (QED) is 0.584. The third-order valence-corrected chi connectivity index (χ3v) is 7.54. The van der Waals surface area contributed by atoms with E-state index in [1.807, 2.05) is 0 Å². The topological polar surface area (TPSA) is 40.5 Å². The molecule has 1 fully saturated rings. The lowest BCUT2D eigenvalue weighted by molar-refractivity contribution is 0.0900. The van der Waals surface area contributed by atoms with Crippen LogP contribution in [-0.2, 0) is 0 Å². The van der Waals surface area contributed by atoms with Crippen LogP contribution in [0.2, 0.25) is 0 Å². The van der Waals surface area contributed by atoms with Gasteiger partial charge < -0.3 is 10.2 Å². The lowest BCUT2D eigenvalue weighted by atomic mass is 9.53. The maximum Gasteiger partial charge on any atom is 0.140 e. The Balaban J connectivity index is 1.85. The predicted molar refractivity (Wildman–Crippen MR) is 84.1 cm³/mol. The zero-order chi connectivity index (χ0) is 14.8. The van der Waals surface area contributed by atoms with Crippen molar-refractivity contribution in [2.45, 2.75) is 71.6 Å². The monoisotopic (exact) mass is 288 g/mol. The van der Waals surface area contributed by atoms with E-state index >= 15 is 0 Å². The summed E-state index contributed by atoms with van der Waals surface area (Å²) in [4.78, 5) is 0. The Morgan fingerprint density at radius 1 is 0.952 bits per heavy atom. The van der Waals surface area contributed by atoms with E-state index in [1.54, 1.807) is 5.57 Å². The SMILES string of the molecule is C[C@]12C(O)=C(O)CCC1CCC1=C2CC[C@]2(C)CCC[C@@H]12. The van der Waals surface area contributed by atoms with Crippen molar-refractivity contribution in [3.8, 4) is 0 Å². The average molecular weight is 288 g/mol. The van der Waals surface area contributed by atoms with Crippen molar-refractivity contribution >= 4 is 0 Å². The van der Waals surface area contributed by atoms with Gasteiger partial charge in [-0.2, -0.15) is 0 Å². The summed E-state index contributed by atoms with van der Waals surface area (Å²) in [6.45, 7) is 4.69. The third-order valence-electron chi connectivity index (χ3n) is 7.54. The number of aliphatic hydroxyl groups is 2. The minimum absolute atomic E-state index is 0.252. The van der Waals surface area contributed by atoms with Crippen LogP contribution in [0.1, 0.15) is 71.6 Å². The summed E-state index contributed by atoms with van der Waals surface area (Å²) in [7, 11) is 0. The van der Waals surface area contributed by atoms with Gasteiger partial charge in [0.15, 0.2) is 0 Å². The molecule has 2 N–H and O–H groups in total. The molecule has 0 aromatic heterocycles. The summed E-state index contributed by atoms with van der Waals surface area (Å²) in [5, 5.41) is 20.8. The molecule has 4 atom stereocenters. The zero-order valence-corrected chi connectivity index (χ0v) is 13.4. The molecule has 1 saturated carbocycles. The molecule has 4 rings (SSSR count). The highest BCUT2D eigenvalue weighted by Crippen LogP contribution is 2.63. The van der Waals surface area contributed by atoms with Gasteiger partial charge in [-0.15, -0.1) is 0 Å². The van der Waals surface area contributed by atoms with E-state index in [9.17, 15) is 10.2 Å². The van der Waals surface area contributed by atoms with E-state index in [-0.39, 0.29) is 11.2 Å². The maximum atomic E-state index is 10.7. The first-order chi connectivity index (χ1) is 9.97. The second-order valence-corrected chi connectivity index (χ2v) is 8.37. The van der Waals surface area contributed by atoms with Crippen molar-refractivity contribution in [2.24, 2.45) is 22.7 Å². The molecule has 0 bridgehead atoms. The van der Waals surface area contributed by atoms with Gasteiger partial charge in [0.05, 0.1) is 5.41 Å². The van der Waals surface area contributed by atoms with Gasteiger partial charge >= 0.3 is 0 Å². The molecule has 0 heterocycles. The molecule has 4 aliphatic rings. The number of hydrogen-bond donors (Lipinski definition) is 2. The fourth-order valence-corrected chi connectivity index (χ4v) is 6.19. The number of fused-ring (bicyclic) bond motifs is 4. The molecule has 0 aromatic carbocycles.